The molecular formula is C11H10F2O. The van der Waals surface area contributed by atoms with Crippen LogP contribution in [-0.2, 0) is 0 Å². The van der Waals surface area contributed by atoms with Gasteiger partial charge in [-0.2, -0.15) is 0 Å². The summed E-state index contributed by atoms with van der Waals surface area (Å²) in [5.74, 6) is -1.96. The highest BCUT2D eigenvalue weighted by Crippen LogP contribution is 2.47. The fourth-order valence-electron chi connectivity index (χ4n) is 1.40. The van der Waals surface area contributed by atoms with E-state index in [2.05, 4.69) is 0 Å². The van der Waals surface area contributed by atoms with E-state index in [-0.39, 0.29) is 16.8 Å². The highest BCUT2D eigenvalue weighted by atomic mass is 19.2. The number of halogens is 2. The predicted molar refractivity (Wildman–Crippen MR) is 48.0 cm³/mol. The largest absolute Gasteiger partial charge is 0.294 e. The van der Waals surface area contributed by atoms with E-state index in [4.69, 9.17) is 0 Å². The summed E-state index contributed by atoms with van der Waals surface area (Å²) in [6, 6.07) is 3.31. The van der Waals surface area contributed by atoms with Gasteiger partial charge in [0.1, 0.15) is 0 Å². The zero-order chi connectivity index (χ0) is 10.3. The van der Waals surface area contributed by atoms with E-state index in [0.717, 1.165) is 25.0 Å². The molecule has 0 aromatic heterocycles. The molecule has 0 radical (unpaired) electrons. The highest BCUT2D eigenvalue weighted by molar-refractivity contribution is 6.01. The third-order valence-electron chi connectivity index (χ3n) is 2.73. The van der Waals surface area contributed by atoms with Gasteiger partial charge in [0.05, 0.1) is 0 Å². The van der Waals surface area contributed by atoms with E-state index in [1.54, 1.807) is 0 Å². The summed E-state index contributed by atoms with van der Waals surface area (Å²) in [6.07, 6.45) is 1.68. The summed E-state index contributed by atoms with van der Waals surface area (Å²) in [7, 11) is 0. The van der Waals surface area contributed by atoms with Crippen molar-refractivity contribution in [3.05, 3.63) is 35.4 Å². The normalized spacial score (nSPS) is 17.9. The molecule has 0 N–H and O–H groups in total. The minimum absolute atomic E-state index is 0.0867. The van der Waals surface area contributed by atoms with Crippen LogP contribution >= 0.6 is 0 Å². The van der Waals surface area contributed by atoms with Gasteiger partial charge in [-0.1, -0.05) is 6.92 Å². The second-order valence-corrected chi connectivity index (χ2v) is 4.02. The fraction of sp³-hybridized carbons (Fsp3) is 0.364. The number of ketones is 1. The molecule has 0 unspecified atom stereocenters. The van der Waals surface area contributed by atoms with E-state index in [9.17, 15) is 13.6 Å². The second-order valence-electron chi connectivity index (χ2n) is 4.02. The van der Waals surface area contributed by atoms with E-state index in [0.29, 0.717) is 0 Å². The van der Waals surface area contributed by atoms with Crippen LogP contribution in [0.3, 0.4) is 0 Å². The number of Topliss-reactive ketones (excluding diaryl/α,β-unsaturated/α-hetero) is 1. The molecule has 74 valence electrons. The van der Waals surface area contributed by atoms with Crippen LogP contribution in [0.15, 0.2) is 18.2 Å². The van der Waals surface area contributed by atoms with Crippen LogP contribution in [0.1, 0.15) is 30.1 Å². The van der Waals surface area contributed by atoms with Gasteiger partial charge in [0.2, 0.25) is 0 Å². The summed E-state index contributed by atoms with van der Waals surface area (Å²) in [6.45, 7) is 1.84. The van der Waals surface area contributed by atoms with Gasteiger partial charge < -0.3 is 0 Å². The lowest BCUT2D eigenvalue weighted by molar-refractivity contribution is 0.0912. The molecule has 1 aromatic rings. The van der Waals surface area contributed by atoms with Gasteiger partial charge in [-0.15, -0.1) is 0 Å². The predicted octanol–water partition coefficient (Wildman–Crippen LogP) is 2.95. The Labute approximate surface area is 80.7 Å². The van der Waals surface area contributed by atoms with E-state index in [1.165, 1.54) is 6.07 Å². The Morgan fingerprint density at radius 1 is 1.29 bits per heavy atom. The van der Waals surface area contributed by atoms with Crippen molar-refractivity contribution in [2.24, 2.45) is 5.41 Å². The molecule has 0 aliphatic heterocycles. The first-order valence-corrected chi connectivity index (χ1v) is 4.53. The third-order valence-corrected chi connectivity index (χ3v) is 2.73. The van der Waals surface area contributed by atoms with Crippen LogP contribution in [-0.4, -0.2) is 5.78 Å². The second kappa shape index (κ2) is 2.87. The van der Waals surface area contributed by atoms with Crippen LogP contribution in [0.2, 0.25) is 0 Å². The number of carbonyl (C=O) groups is 1. The van der Waals surface area contributed by atoms with E-state index < -0.39 is 11.6 Å². The van der Waals surface area contributed by atoms with Crippen molar-refractivity contribution in [2.75, 3.05) is 0 Å². The summed E-state index contributed by atoms with van der Waals surface area (Å²) >= 11 is 0. The molecule has 1 saturated carbocycles. The first kappa shape index (κ1) is 9.31. The quantitative estimate of drug-likeness (QED) is 0.664. The maximum atomic E-state index is 12.8. The lowest BCUT2D eigenvalue weighted by Gasteiger charge is -2.06. The van der Waals surface area contributed by atoms with Gasteiger partial charge in [-0.05, 0) is 31.0 Å². The van der Waals surface area contributed by atoms with Crippen molar-refractivity contribution in [3.63, 3.8) is 0 Å². The molecule has 0 saturated heterocycles. The minimum atomic E-state index is -0.958. The van der Waals surface area contributed by atoms with Crippen molar-refractivity contribution >= 4 is 5.78 Å². The molecular weight excluding hydrogens is 186 g/mol. The van der Waals surface area contributed by atoms with E-state index >= 15 is 0 Å². The summed E-state index contributed by atoms with van der Waals surface area (Å²) in [4.78, 5) is 11.7. The van der Waals surface area contributed by atoms with Crippen molar-refractivity contribution in [1.82, 2.24) is 0 Å². The number of benzene rings is 1. The summed E-state index contributed by atoms with van der Waals surface area (Å²) in [5.41, 5.74) is -0.0616. The lowest BCUT2D eigenvalue weighted by atomic mass is 9.97. The topological polar surface area (TPSA) is 17.1 Å². The molecule has 14 heavy (non-hydrogen) atoms. The van der Waals surface area contributed by atoms with Crippen LogP contribution in [0.25, 0.3) is 0 Å². The highest BCUT2D eigenvalue weighted by Gasteiger charge is 2.45. The van der Waals surface area contributed by atoms with Gasteiger partial charge in [-0.25, -0.2) is 8.78 Å². The number of carbonyl (C=O) groups excluding carboxylic acids is 1. The van der Waals surface area contributed by atoms with E-state index in [1.807, 2.05) is 6.92 Å². The molecule has 1 aliphatic rings. The molecule has 0 heterocycles. The SMILES string of the molecule is CC1(C(=O)c2ccc(F)c(F)c2)CC1. The van der Waals surface area contributed by atoms with Crippen LogP contribution in [0.4, 0.5) is 8.78 Å². The monoisotopic (exact) mass is 196 g/mol. The Kier molecular flexibility index (Phi) is 1.91. The first-order valence-electron chi connectivity index (χ1n) is 4.53. The Morgan fingerprint density at radius 2 is 1.93 bits per heavy atom. The summed E-state index contributed by atoms with van der Waals surface area (Å²) in [5, 5.41) is 0. The molecule has 1 nitrogen and oxygen atoms in total. The molecule has 0 bridgehead atoms. The number of rotatable bonds is 2. The Bertz CT molecular complexity index is 394. The molecule has 1 aliphatic carbocycles. The minimum Gasteiger partial charge on any atom is -0.294 e. The van der Waals surface area contributed by atoms with Crippen LogP contribution in [0.5, 0.6) is 0 Å². The smallest absolute Gasteiger partial charge is 0.168 e. The standard InChI is InChI=1S/C11H10F2O/c1-11(4-5-11)10(14)7-2-3-8(12)9(13)6-7/h2-3,6H,4-5H2,1H3. The third kappa shape index (κ3) is 1.43. The molecule has 3 heteroatoms. The number of hydrogen-bond donors (Lipinski definition) is 0. The maximum Gasteiger partial charge on any atom is 0.168 e. The number of hydrogen-bond acceptors (Lipinski definition) is 1. The first-order chi connectivity index (χ1) is 6.53. The Balaban J connectivity index is 2.33. The Hall–Kier alpha value is -1.25. The molecule has 1 fully saturated rings. The zero-order valence-corrected chi connectivity index (χ0v) is 7.81. The van der Waals surface area contributed by atoms with Crippen molar-refractivity contribution in [3.8, 4) is 0 Å². The van der Waals surface area contributed by atoms with Gasteiger partial charge in [-0.3, -0.25) is 4.79 Å². The maximum absolute atomic E-state index is 12.8. The lowest BCUT2D eigenvalue weighted by Crippen LogP contribution is -2.12. The van der Waals surface area contributed by atoms with Crippen LogP contribution < -0.4 is 0 Å². The molecule has 1 aromatic carbocycles. The van der Waals surface area contributed by atoms with Gasteiger partial charge in [0.25, 0.3) is 0 Å². The van der Waals surface area contributed by atoms with Crippen molar-refractivity contribution < 1.29 is 13.6 Å². The zero-order valence-electron chi connectivity index (χ0n) is 7.81. The van der Waals surface area contributed by atoms with Gasteiger partial charge in [0.15, 0.2) is 17.4 Å². The fourth-order valence-corrected chi connectivity index (χ4v) is 1.40. The average molecular weight is 196 g/mol. The van der Waals surface area contributed by atoms with Crippen LogP contribution in [0, 0.1) is 17.0 Å². The van der Waals surface area contributed by atoms with Gasteiger partial charge in [0, 0.05) is 11.0 Å². The molecule has 0 spiro atoms. The average Bonchev–Trinajstić information content (AvgIpc) is 2.89. The molecule has 0 atom stereocenters. The van der Waals surface area contributed by atoms with Crippen molar-refractivity contribution in [1.29, 1.82) is 0 Å². The molecule has 2 rings (SSSR count). The Morgan fingerprint density at radius 3 is 2.43 bits per heavy atom. The van der Waals surface area contributed by atoms with Gasteiger partial charge >= 0.3 is 0 Å². The molecule has 0 amide bonds. The van der Waals surface area contributed by atoms with Crippen molar-refractivity contribution in [2.45, 2.75) is 19.8 Å². The summed E-state index contributed by atoms with van der Waals surface area (Å²) < 4.78 is 25.4.